The Kier molecular flexibility index (Phi) is 7.24. The van der Waals surface area contributed by atoms with Gasteiger partial charge in [0.15, 0.2) is 5.69 Å². The summed E-state index contributed by atoms with van der Waals surface area (Å²) >= 11 is 0. The van der Waals surface area contributed by atoms with Crippen molar-refractivity contribution in [1.29, 1.82) is 0 Å². The highest BCUT2D eigenvalue weighted by Gasteiger charge is 2.24. The Morgan fingerprint density at radius 1 is 1.11 bits per heavy atom. The minimum absolute atomic E-state index is 0.180. The molecule has 1 saturated heterocycles. The first-order valence-electron chi connectivity index (χ1n) is 12.4. The number of nitrogens with one attached hydrogen (secondary N) is 1. The third kappa shape index (κ3) is 5.04. The fourth-order valence-corrected chi connectivity index (χ4v) is 5.97. The Labute approximate surface area is 221 Å². The molecule has 5 rings (SSSR count). The zero-order valence-corrected chi connectivity index (χ0v) is 22.5. The van der Waals surface area contributed by atoms with Gasteiger partial charge in [-0.25, -0.2) is 12.4 Å². The summed E-state index contributed by atoms with van der Waals surface area (Å²) in [6, 6.07) is 13.7. The lowest BCUT2D eigenvalue weighted by Gasteiger charge is -2.26. The molecule has 1 N–H and O–H groups in total. The second kappa shape index (κ2) is 10.6. The number of methoxy groups -OCH3 is 1. The van der Waals surface area contributed by atoms with Gasteiger partial charge in [-0.1, -0.05) is 17.7 Å². The number of amides is 1. The predicted molar refractivity (Wildman–Crippen MR) is 144 cm³/mol. The summed E-state index contributed by atoms with van der Waals surface area (Å²) in [5, 5.41) is 8.05. The summed E-state index contributed by atoms with van der Waals surface area (Å²) < 4.78 is 40.9. The minimum Gasteiger partial charge on any atom is -0.497 e. The molecule has 200 valence electrons. The molecular weight excluding hydrogens is 506 g/mol. The van der Waals surface area contributed by atoms with Crippen LogP contribution in [0.4, 0.5) is 0 Å². The molecule has 2 aromatic carbocycles. The number of carbonyl (C=O) groups is 1. The molecule has 0 spiro atoms. The third-order valence-electron chi connectivity index (χ3n) is 6.76. The van der Waals surface area contributed by atoms with Crippen molar-refractivity contribution in [2.45, 2.75) is 11.8 Å². The summed E-state index contributed by atoms with van der Waals surface area (Å²) in [4.78, 5) is 15.3. The third-order valence-corrected chi connectivity index (χ3v) is 8.45. The molecule has 1 amide bonds. The Balaban J connectivity index is 1.48. The summed E-state index contributed by atoms with van der Waals surface area (Å²) in [5.41, 5.74) is 2.96. The average Bonchev–Trinajstić information content (AvgIpc) is 3.50. The molecule has 0 bridgehead atoms. The van der Waals surface area contributed by atoms with E-state index in [1.54, 1.807) is 60.4 Å². The quantitative estimate of drug-likeness (QED) is 0.368. The van der Waals surface area contributed by atoms with E-state index in [2.05, 4.69) is 15.3 Å². The standard InChI is InChI=1S/C27H31N5O5S/c1-19-4-7-21(8-5-19)38(34,35)32-18-23(22-9-6-20(36-3)16-26(22)32)25-17-24(29-30(25)2)27(33)28-10-11-31-12-14-37-15-13-31/h4-9,16-18H,10-15H2,1-3H3,(H,28,33). The minimum atomic E-state index is -3.90. The molecule has 0 atom stereocenters. The molecule has 1 fully saturated rings. The normalized spacial score (nSPS) is 14.6. The van der Waals surface area contributed by atoms with Crippen LogP contribution in [-0.2, 0) is 21.8 Å². The van der Waals surface area contributed by atoms with Crippen molar-refractivity contribution in [2.75, 3.05) is 46.5 Å². The van der Waals surface area contributed by atoms with E-state index in [0.29, 0.717) is 47.7 Å². The fourth-order valence-electron chi connectivity index (χ4n) is 4.60. The number of carbonyl (C=O) groups excluding carboxylic acids is 1. The molecule has 0 unspecified atom stereocenters. The molecule has 38 heavy (non-hydrogen) atoms. The number of ether oxygens (including phenoxy) is 2. The highest BCUT2D eigenvalue weighted by Crippen LogP contribution is 2.35. The predicted octanol–water partition coefficient (Wildman–Crippen LogP) is 2.66. The number of nitrogens with zero attached hydrogens (tertiary/aromatic N) is 4. The van der Waals surface area contributed by atoms with Crippen LogP contribution in [0.5, 0.6) is 5.75 Å². The maximum Gasteiger partial charge on any atom is 0.271 e. The highest BCUT2D eigenvalue weighted by atomic mass is 32.2. The Morgan fingerprint density at radius 2 is 1.84 bits per heavy atom. The number of rotatable bonds is 8. The Hall–Kier alpha value is -3.67. The second-order valence-corrected chi connectivity index (χ2v) is 11.1. The van der Waals surface area contributed by atoms with E-state index in [4.69, 9.17) is 9.47 Å². The van der Waals surface area contributed by atoms with E-state index in [9.17, 15) is 13.2 Å². The van der Waals surface area contributed by atoms with Crippen molar-refractivity contribution in [3.05, 3.63) is 66.0 Å². The van der Waals surface area contributed by atoms with Gasteiger partial charge in [0.1, 0.15) is 5.75 Å². The molecule has 1 aliphatic rings. The van der Waals surface area contributed by atoms with Crippen LogP contribution in [0.1, 0.15) is 16.1 Å². The van der Waals surface area contributed by atoms with Crippen molar-refractivity contribution in [3.8, 4) is 17.0 Å². The highest BCUT2D eigenvalue weighted by molar-refractivity contribution is 7.90. The van der Waals surface area contributed by atoms with Crippen LogP contribution in [0.15, 0.2) is 59.6 Å². The zero-order chi connectivity index (χ0) is 26.9. The van der Waals surface area contributed by atoms with Gasteiger partial charge in [0.25, 0.3) is 15.9 Å². The van der Waals surface area contributed by atoms with E-state index in [1.165, 1.54) is 11.1 Å². The van der Waals surface area contributed by atoms with Crippen molar-refractivity contribution in [1.82, 2.24) is 24.0 Å². The van der Waals surface area contributed by atoms with Gasteiger partial charge in [0.2, 0.25) is 0 Å². The number of aryl methyl sites for hydroxylation is 2. The summed E-state index contributed by atoms with van der Waals surface area (Å²) in [7, 11) is -0.627. The topological polar surface area (TPSA) is 108 Å². The first-order valence-corrected chi connectivity index (χ1v) is 13.9. The molecule has 10 nitrogen and oxygen atoms in total. The van der Waals surface area contributed by atoms with Gasteiger partial charge in [-0.2, -0.15) is 5.10 Å². The summed E-state index contributed by atoms with van der Waals surface area (Å²) in [5.74, 6) is 0.255. The van der Waals surface area contributed by atoms with Crippen LogP contribution >= 0.6 is 0 Å². The van der Waals surface area contributed by atoms with Crippen molar-refractivity contribution < 1.29 is 22.7 Å². The van der Waals surface area contributed by atoms with Crippen LogP contribution in [0.2, 0.25) is 0 Å². The summed E-state index contributed by atoms with van der Waals surface area (Å²) in [6.07, 6.45) is 1.58. The maximum absolute atomic E-state index is 13.7. The molecule has 4 aromatic rings. The van der Waals surface area contributed by atoms with Gasteiger partial charge >= 0.3 is 0 Å². The number of morpholine rings is 1. The molecule has 2 aromatic heterocycles. The average molecular weight is 538 g/mol. The fraction of sp³-hybridized carbons (Fsp3) is 0.333. The number of hydrogen-bond acceptors (Lipinski definition) is 7. The van der Waals surface area contributed by atoms with Gasteiger partial charge in [0, 0.05) is 56.4 Å². The zero-order valence-electron chi connectivity index (χ0n) is 21.7. The van der Waals surface area contributed by atoms with E-state index in [-0.39, 0.29) is 16.5 Å². The van der Waals surface area contributed by atoms with E-state index < -0.39 is 10.0 Å². The first-order chi connectivity index (χ1) is 18.3. The van der Waals surface area contributed by atoms with Crippen LogP contribution in [0.3, 0.4) is 0 Å². The molecule has 0 aliphatic carbocycles. The molecule has 11 heteroatoms. The van der Waals surface area contributed by atoms with Gasteiger partial charge in [-0.3, -0.25) is 14.4 Å². The Morgan fingerprint density at radius 3 is 2.55 bits per heavy atom. The smallest absolute Gasteiger partial charge is 0.271 e. The van der Waals surface area contributed by atoms with E-state index in [0.717, 1.165) is 25.2 Å². The van der Waals surface area contributed by atoms with Crippen LogP contribution in [-0.4, -0.2) is 79.5 Å². The SMILES string of the molecule is COc1ccc2c(-c3cc(C(=O)NCCN4CCOCC4)nn3C)cn(S(=O)(=O)c3ccc(C)cc3)c2c1. The van der Waals surface area contributed by atoms with Crippen molar-refractivity contribution >= 4 is 26.8 Å². The lowest BCUT2D eigenvalue weighted by atomic mass is 10.1. The number of fused-ring (bicyclic) bond motifs is 1. The van der Waals surface area contributed by atoms with Gasteiger partial charge in [-0.15, -0.1) is 0 Å². The lowest BCUT2D eigenvalue weighted by molar-refractivity contribution is 0.0383. The molecule has 0 radical (unpaired) electrons. The van der Waals surface area contributed by atoms with E-state index >= 15 is 0 Å². The molecule has 1 aliphatic heterocycles. The van der Waals surface area contributed by atoms with Crippen LogP contribution < -0.4 is 10.1 Å². The lowest BCUT2D eigenvalue weighted by Crippen LogP contribution is -2.41. The van der Waals surface area contributed by atoms with Crippen LogP contribution in [0.25, 0.3) is 22.2 Å². The van der Waals surface area contributed by atoms with Crippen molar-refractivity contribution in [3.63, 3.8) is 0 Å². The monoisotopic (exact) mass is 537 g/mol. The van der Waals surface area contributed by atoms with Crippen LogP contribution in [0, 0.1) is 6.92 Å². The molecular formula is C27H31N5O5S. The first kappa shape index (κ1) is 26.0. The largest absolute Gasteiger partial charge is 0.497 e. The molecule has 3 heterocycles. The number of hydrogen-bond donors (Lipinski definition) is 1. The van der Waals surface area contributed by atoms with Gasteiger partial charge in [-0.05, 0) is 37.3 Å². The molecule has 0 saturated carbocycles. The van der Waals surface area contributed by atoms with Crippen molar-refractivity contribution in [2.24, 2.45) is 7.05 Å². The Bertz CT molecular complexity index is 1570. The second-order valence-electron chi connectivity index (χ2n) is 9.29. The van der Waals surface area contributed by atoms with Gasteiger partial charge < -0.3 is 14.8 Å². The number of benzene rings is 2. The number of aromatic nitrogens is 3. The van der Waals surface area contributed by atoms with Gasteiger partial charge in [0.05, 0.1) is 36.4 Å². The summed E-state index contributed by atoms with van der Waals surface area (Å²) in [6.45, 7) is 6.25. The maximum atomic E-state index is 13.7. The van der Waals surface area contributed by atoms with E-state index in [1.807, 2.05) is 13.0 Å².